The first-order chi connectivity index (χ1) is 10.2. The molecule has 2 aliphatic rings. The fraction of sp³-hybridized carbons (Fsp3) is 1.00. The first kappa shape index (κ1) is 17.3. The van der Waals surface area contributed by atoms with E-state index in [2.05, 4.69) is 6.92 Å². The van der Waals surface area contributed by atoms with Gasteiger partial charge >= 0.3 is 0 Å². The standard InChI is InChI=1S/C19H36O2/c1-2-3-16-4-6-17(7-5-16)18-8-10-19(11-9-18,12-14-20)13-15-21/h16-18,20-21H,2-15H2,1H3. The second-order valence-electron chi connectivity index (χ2n) is 7.85. The van der Waals surface area contributed by atoms with Crippen molar-refractivity contribution in [1.82, 2.24) is 0 Å². The summed E-state index contributed by atoms with van der Waals surface area (Å²) in [6.45, 7) is 2.88. The molecule has 2 saturated carbocycles. The average molecular weight is 296 g/mol. The molecule has 0 aromatic rings. The Morgan fingerprint density at radius 1 is 0.810 bits per heavy atom. The molecule has 0 heterocycles. The maximum atomic E-state index is 9.32. The molecule has 0 spiro atoms. The van der Waals surface area contributed by atoms with Crippen molar-refractivity contribution in [3.8, 4) is 0 Å². The summed E-state index contributed by atoms with van der Waals surface area (Å²) in [5.74, 6) is 2.91. The minimum Gasteiger partial charge on any atom is -0.396 e. The van der Waals surface area contributed by atoms with Gasteiger partial charge in [0.25, 0.3) is 0 Å². The van der Waals surface area contributed by atoms with E-state index in [0.717, 1.165) is 30.6 Å². The van der Waals surface area contributed by atoms with Gasteiger partial charge < -0.3 is 10.2 Å². The van der Waals surface area contributed by atoms with Crippen molar-refractivity contribution in [2.75, 3.05) is 13.2 Å². The van der Waals surface area contributed by atoms with E-state index in [9.17, 15) is 10.2 Å². The summed E-state index contributed by atoms with van der Waals surface area (Å²) in [5, 5.41) is 18.6. The molecular formula is C19H36O2. The molecule has 0 amide bonds. The largest absolute Gasteiger partial charge is 0.396 e. The van der Waals surface area contributed by atoms with Crippen LogP contribution in [-0.4, -0.2) is 23.4 Å². The monoisotopic (exact) mass is 296 g/mol. The van der Waals surface area contributed by atoms with Crippen molar-refractivity contribution in [3.63, 3.8) is 0 Å². The highest BCUT2D eigenvalue weighted by atomic mass is 16.3. The Labute approximate surface area is 131 Å². The maximum Gasteiger partial charge on any atom is 0.0436 e. The summed E-state index contributed by atoms with van der Waals surface area (Å²) in [6, 6.07) is 0. The van der Waals surface area contributed by atoms with Crippen LogP contribution in [0.5, 0.6) is 0 Å². The lowest BCUT2D eigenvalue weighted by Gasteiger charge is -2.43. The zero-order chi connectivity index (χ0) is 15.1. The lowest BCUT2D eigenvalue weighted by atomic mass is 9.62. The zero-order valence-electron chi connectivity index (χ0n) is 14.0. The highest BCUT2D eigenvalue weighted by Crippen LogP contribution is 2.48. The van der Waals surface area contributed by atoms with E-state index in [-0.39, 0.29) is 18.6 Å². The van der Waals surface area contributed by atoms with E-state index in [4.69, 9.17) is 0 Å². The highest BCUT2D eigenvalue weighted by molar-refractivity contribution is 4.88. The SMILES string of the molecule is CCCC1CCC(C2CCC(CCO)(CCO)CC2)CC1. The molecule has 2 aliphatic carbocycles. The van der Waals surface area contributed by atoms with Crippen molar-refractivity contribution in [1.29, 1.82) is 0 Å². The fourth-order valence-electron chi connectivity index (χ4n) is 5.18. The molecule has 2 rings (SSSR count). The van der Waals surface area contributed by atoms with Gasteiger partial charge in [-0.2, -0.15) is 0 Å². The first-order valence-corrected chi connectivity index (χ1v) is 9.44. The molecule has 0 unspecified atom stereocenters. The van der Waals surface area contributed by atoms with Crippen LogP contribution in [0.25, 0.3) is 0 Å². The van der Waals surface area contributed by atoms with E-state index in [1.54, 1.807) is 0 Å². The Hall–Kier alpha value is -0.0800. The number of aliphatic hydroxyl groups excluding tert-OH is 2. The number of aliphatic hydroxyl groups is 2. The number of hydrogen-bond acceptors (Lipinski definition) is 2. The molecule has 0 radical (unpaired) electrons. The second kappa shape index (κ2) is 8.53. The predicted molar refractivity (Wildman–Crippen MR) is 88.2 cm³/mol. The van der Waals surface area contributed by atoms with Crippen LogP contribution in [-0.2, 0) is 0 Å². The van der Waals surface area contributed by atoms with Crippen molar-refractivity contribution in [2.24, 2.45) is 23.2 Å². The Bertz CT molecular complexity index is 265. The Morgan fingerprint density at radius 2 is 1.33 bits per heavy atom. The second-order valence-corrected chi connectivity index (χ2v) is 7.85. The third kappa shape index (κ3) is 4.69. The molecule has 2 fully saturated rings. The summed E-state index contributed by atoms with van der Waals surface area (Å²) < 4.78 is 0. The predicted octanol–water partition coefficient (Wildman–Crippen LogP) is 4.53. The van der Waals surface area contributed by atoms with Crippen LogP contribution in [0.4, 0.5) is 0 Å². The van der Waals surface area contributed by atoms with Crippen molar-refractivity contribution in [3.05, 3.63) is 0 Å². The van der Waals surface area contributed by atoms with E-state index >= 15 is 0 Å². The van der Waals surface area contributed by atoms with Gasteiger partial charge in [0.05, 0.1) is 0 Å². The molecular weight excluding hydrogens is 260 g/mol. The van der Waals surface area contributed by atoms with Crippen molar-refractivity contribution < 1.29 is 10.2 Å². The summed E-state index contributed by atoms with van der Waals surface area (Å²) >= 11 is 0. The van der Waals surface area contributed by atoms with E-state index in [0.29, 0.717) is 0 Å². The molecule has 124 valence electrons. The minimum atomic E-state index is 0.249. The summed E-state index contributed by atoms with van der Waals surface area (Å²) in [4.78, 5) is 0. The quantitative estimate of drug-likeness (QED) is 0.724. The minimum absolute atomic E-state index is 0.249. The van der Waals surface area contributed by atoms with Gasteiger partial charge in [0.15, 0.2) is 0 Å². The molecule has 0 aromatic heterocycles. The van der Waals surface area contributed by atoms with Crippen LogP contribution in [0.3, 0.4) is 0 Å². The number of rotatable bonds is 7. The third-order valence-electron chi connectivity index (χ3n) is 6.63. The van der Waals surface area contributed by atoms with Gasteiger partial charge in [-0.3, -0.25) is 0 Å². The van der Waals surface area contributed by atoms with Gasteiger partial charge in [-0.25, -0.2) is 0 Å². The number of hydrogen-bond donors (Lipinski definition) is 2. The van der Waals surface area contributed by atoms with Crippen molar-refractivity contribution >= 4 is 0 Å². The lowest BCUT2D eigenvalue weighted by molar-refractivity contribution is 0.0494. The first-order valence-electron chi connectivity index (χ1n) is 9.44. The molecule has 2 N–H and O–H groups in total. The molecule has 0 saturated heterocycles. The molecule has 2 heteroatoms. The van der Waals surface area contributed by atoms with Crippen LogP contribution in [0.2, 0.25) is 0 Å². The van der Waals surface area contributed by atoms with Crippen LogP contribution in [0.1, 0.15) is 84.0 Å². The van der Waals surface area contributed by atoms with Crippen molar-refractivity contribution in [2.45, 2.75) is 84.0 Å². The summed E-state index contributed by atoms with van der Waals surface area (Å²) in [7, 11) is 0. The average Bonchev–Trinajstić information content (AvgIpc) is 2.50. The third-order valence-corrected chi connectivity index (χ3v) is 6.63. The van der Waals surface area contributed by atoms with Gasteiger partial charge in [-0.15, -0.1) is 0 Å². The molecule has 2 nitrogen and oxygen atoms in total. The summed E-state index contributed by atoms with van der Waals surface area (Å²) in [6.07, 6.45) is 15.6. The molecule has 0 atom stereocenters. The topological polar surface area (TPSA) is 40.5 Å². The zero-order valence-corrected chi connectivity index (χ0v) is 14.0. The lowest BCUT2D eigenvalue weighted by Crippen LogP contribution is -2.33. The van der Waals surface area contributed by atoms with Gasteiger partial charge in [0, 0.05) is 13.2 Å². The summed E-state index contributed by atoms with van der Waals surface area (Å²) in [5.41, 5.74) is 0.249. The van der Waals surface area contributed by atoms with Gasteiger partial charge in [0.2, 0.25) is 0 Å². The molecule has 0 aromatic carbocycles. The fourth-order valence-corrected chi connectivity index (χ4v) is 5.18. The van der Waals surface area contributed by atoms with Crippen LogP contribution in [0.15, 0.2) is 0 Å². The van der Waals surface area contributed by atoms with Crippen LogP contribution >= 0.6 is 0 Å². The van der Waals surface area contributed by atoms with Crippen LogP contribution in [0, 0.1) is 23.2 Å². The van der Waals surface area contributed by atoms with E-state index in [1.807, 2.05) is 0 Å². The Balaban J connectivity index is 1.78. The maximum absolute atomic E-state index is 9.32. The smallest absolute Gasteiger partial charge is 0.0436 e. The van der Waals surface area contributed by atoms with Gasteiger partial charge in [-0.05, 0) is 74.5 Å². The molecule has 0 bridgehead atoms. The molecule has 0 aliphatic heterocycles. The highest BCUT2D eigenvalue weighted by Gasteiger charge is 2.37. The van der Waals surface area contributed by atoms with Gasteiger partial charge in [-0.1, -0.05) is 32.6 Å². The van der Waals surface area contributed by atoms with Crippen LogP contribution < -0.4 is 0 Å². The Morgan fingerprint density at radius 3 is 1.81 bits per heavy atom. The Kier molecular flexibility index (Phi) is 7.01. The van der Waals surface area contributed by atoms with Gasteiger partial charge in [0.1, 0.15) is 0 Å². The van der Waals surface area contributed by atoms with E-state index < -0.39 is 0 Å². The molecule has 21 heavy (non-hydrogen) atoms. The van der Waals surface area contributed by atoms with E-state index in [1.165, 1.54) is 64.2 Å². The normalized spacial score (nSPS) is 30.4.